The number of nitrogens with two attached hydrogens (primary N) is 1. The normalized spacial score (nSPS) is 20.4. The Bertz CT molecular complexity index is 384. The zero-order chi connectivity index (χ0) is 12.3. The fraction of sp³-hybridized carbons (Fsp3) is 0.500. The van der Waals surface area contributed by atoms with Crippen LogP contribution in [0, 0.1) is 0 Å². The van der Waals surface area contributed by atoms with Gasteiger partial charge in [-0.05, 0) is 6.07 Å². The van der Waals surface area contributed by atoms with E-state index in [4.69, 9.17) is 20.3 Å². The fourth-order valence-electron chi connectivity index (χ4n) is 1.97. The molecule has 2 rings (SSSR count). The number of benzene rings is 1. The molecule has 0 saturated carbocycles. The minimum absolute atomic E-state index is 0.0376. The Morgan fingerprint density at radius 3 is 3.06 bits per heavy atom. The van der Waals surface area contributed by atoms with Crippen molar-refractivity contribution in [2.24, 2.45) is 0 Å². The molecule has 94 valence electrons. The lowest BCUT2D eigenvalue weighted by Gasteiger charge is -2.34. The highest BCUT2D eigenvalue weighted by molar-refractivity contribution is 5.60. The van der Waals surface area contributed by atoms with Crippen LogP contribution in [0.15, 0.2) is 18.2 Å². The molecule has 17 heavy (non-hydrogen) atoms. The number of anilines is 2. The second-order valence-corrected chi connectivity index (χ2v) is 4.09. The average molecular weight is 238 g/mol. The number of aliphatic hydroxyl groups is 1. The second kappa shape index (κ2) is 5.25. The van der Waals surface area contributed by atoms with Crippen molar-refractivity contribution < 1.29 is 14.6 Å². The molecule has 1 unspecified atom stereocenters. The van der Waals surface area contributed by atoms with E-state index < -0.39 is 0 Å². The summed E-state index contributed by atoms with van der Waals surface area (Å²) in [5.74, 6) is 0.743. The molecule has 1 aromatic carbocycles. The Kier molecular flexibility index (Phi) is 3.71. The SMILES string of the molecule is COc1cc(N)cc(N2CCOC(CO)C2)c1. The number of morpholine rings is 1. The summed E-state index contributed by atoms with van der Waals surface area (Å²) in [6.45, 7) is 2.12. The predicted octanol–water partition coefficient (Wildman–Crippen LogP) is 0.475. The third kappa shape index (κ3) is 2.81. The molecular formula is C12H18N2O3. The smallest absolute Gasteiger partial charge is 0.122 e. The third-order valence-electron chi connectivity index (χ3n) is 2.86. The zero-order valence-electron chi connectivity index (χ0n) is 9.93. The van der Waals surface area contributed by atoms with Crippen LogP contribution < -0.4 is 15.4 Å². The Morgan fingerprint density at radius 1 is 1.53 bits per heavy atom. The highest BCUT2D eigenvalue weighted by atomic mass is 16.5. The van der Waals surface area contributed by atoms with Crippen molar-refractivity contribution >= 4 is 11.4 Å². The van der Waals surface area contributed by atoms with Crippen LogP contribution in [0.5, 0.6) is 5.75 Å². The van der Waals surface area contributed by atoms with Crippen LogP contribution in [0.2, 0.25) is 0 Å². The van der Waals surface area contributed by atoms with E-state index in [9.17, 15) is 0 Å². The molecule has 3 N–H and O–H groups in total. The molecule has 1 aliphatic heterocycles. The Hall–Kier alpha value is -1.46. The summed E-state index contributed by atoms with van der Waals surface area (Å²) in [5, 5.41) is 9.11. The van der Waals surface area contributed by atoms with Gasteiger partial charge in [-0.3, -0.25) is 0 Å². The molecule has 1 atom stereocenters. The zero-order valence-corrected chi connectivity index (χ0v) is 9.93. The van der Waals surface area contributed by atoms with Crippen LogP contribution in [0.3, 0.4) is 0 Å². The van der Waals surface area contributed by atoms with Crippen LogP contribution in [-0.2, 0) is 4.74 Å². The molecule has 1 aliphatic rings. The maximum Gasteiger partial charge on any atom is 0.122 e. The number of hydrogen-bond donors (Lipinski definition) is 2. The average Bonchev–Trinajstić information content (AvgIpc) is 2.38. The van der Waals surface area contributed by atoms with Crippen LogP contribution in [0.4, 0.5) is 11.4 Å². The summed E-state index contributed by atoms with van der Waals surface area (Å²) in [7, 11) is 1.62. The number of methoxy groups -OCH3 is 1. The second-order valence-electron chi connectivity index (χ2n) is 4.09. The lowest BCUT2D eigenvalue weighted by molar-refractivity contribution is 0.00356. The van der Waals surface area contributed by atoms with Gasteiger partial charge in [0.05, 0.1) is 26.4 Å². The number of nitrogens with zero attached hydrogens (tertiary/aromatic N) is 1. The van der Waals surface area contributed by atoms with Gasteiger partial charge in [-0.1, -0.05) is 0 Å². The number of aliphatic hydroxyl groups excluding tert-OH is 1. The van der Waals surface area contributed by atoms with Gasteiger partial charge in [0.2, 0.25) is 0 Å². The molecule has 1 saturated heterocycles. The molecule has 0 bridgehead atoms. The molecule has 0 aliphatic carbocycles. The number of ether oxygens (including phenoxy) is 2. The van der Waals surface area contributed by atoms with E-state index >= 15 is 0 Å². The van der Waals surface area contributed by atoms with Crippen LogP contribution in [-0.4, -0.2) is 44.6 Å². The topological polar surface area (TPSA) is 68.0 Å². The van der Waals surface area contributed by atoms with Gasteiger partial charge >= 0.3 is 0 Å². The fourth-order valence-corrected chi connectivity index (χ4v) is 1.97. The lowest BCUT2D eigenvalue weighted by atomic mass is 10.2. The first-order valence-corrected chi connectivity index (χ1v) is 5.65. The van der Waals surface area contributed by atoms with E-state index in [0.29, 0.717) is 18.8 Å². The van der Waals surface area contributed by atoms with Gasteiger partial charge < -0.3 is 25.2 Å². The van der Waals surface area contributed by atoms with Gasteiger partial charge in [0.15, 0.2) is 0 Å². The standard InChI is InChI=1S/C12H18N2O3/c1-16-11-5-9(13)4-10(6-11)14-2-3-17-12(7-14)8-15/h4-6,12,15H,2-3,7-8,13H2,1H3. The molecule has 5 nitrogen and oxygen atoms in total. The molecule has 1 aromatic rings. The van der Waals surface area contributed by atoms with Crippen molar-refractivity contribution in [1.29, 1.82) is 0 Å². The number of nitrogen functional groups attached to an aromatic ring is 1. The maximum absolute atomic E-state index is 9.11. The van der Waals surface area contributed by atoms with Crippen LogP contribution in [0.1, 0.15) is 0 Å². The van der Waals surface area contributed by atoms with Crippen molar-refractivity contribution in [3.63, 3.8) is 0 Å². The Balaban J connectivity index is 2.18. The largest absolute Gasteiger partial charge is 0.497 e. The molecule has 0 aromatic heterocycles. The van der Waals surface area contributed by atoms with Crippen molar-refractivity contribution in [3.8, 4) is 5.75 Å². The Labute approximate surface area is 101 Å². The first kappa shape index (κ1) is 12.0. The number of hydrogen-bond acceptors (Lipinski definition) is 5. The molecule has 1 fully saturated rings. The molecular weight excluding hydrogens is 220 g/mol. The van der Waals surface area contributed by atoms with E-state index in [0.717, 1.165) is 18.0 Å². The maximum atomic E-state index is 9.11. The molecule has 0 radical (unpaired) electrons. The first-order chi connectivity index (χ1) is 8.22. The van der Waals surface area contributed by atoms with Gasteiger partial charge in [-0.15, -0.1) is 0 Å². The minimum atomic E-state index is -0.129. The quantitative estimate of drug-likeness (QED) is 0.749. The summed E-state index contributed by atoms with van der Waals surface area (Å²) in [5.41, 5.74) is 7.50. The summed E-state index contributed by atoms with van der Waals surface area (Å²) in [4.78, 5) is 2.14. The lowest BCUT2D eigenvalue weighted by Crippen LogP contribution is -2.44. The third-order valence-corrected chi connectivity index (χ3v) is 2.86. The summed E-state index contributed by atoms with van der Waals surface area (Å²) in [6, 6.07) is 5.63. The van der Waals surface area contributed by atoms with Crippen molar-refractivity contribution in [1.82, 2.24) is 0 Å². The van der Waals surface area contributed by atoms with Crippen LogP contribution >= 0.6 is 0 Å². The van der Waals surface area contributed by atoms with Gasteiger partial charge in [0, 0.05) is 36.6 Å². The van der Waals surface area contributed by atoms with E-state index in [2.05, 4.69) is 4.90 Å². The van der Waals surface area contributed by atoms with Gasteiger partial charge in [0.1, 0.15) is 5.75 Å². The molecule has 5 heteroatoms. The Morgan fingerprint density at radius 2 is 2.35 bits per heavy atom. The number of rotatable bonds is 3. The molecule has 0 amide bonds. The monoisotopic (exact) mass is 238 g/mol. The van der Waals surface area contributed by atoms with E-state index in [-0.39, 0.29) is 12.7 Å². The minimum Gasteiger partial charge on any atom is -0.497 e. The van der Waals surface area contributed by atoms with Crippen molar-refractivity contribution in [2.45, 2.75) is 6.10 Å². The van der Waals surface area contributed by atoms with E-state index in [1.54, 1.807) is 13.2 Å². The molecule has 1 heterocycles. The first-order valence-electron chi connectivity index (χ1n) is 5.65. The summed E-state index contributed by atoms with van der Waals surface area (Å²) >= 11 is 0. The highest BCUT2D eigenvalue weighted by Gasteiger charge is 2.20. The van der Waals surface area contributed by atoms with Gasteiger partial charge in [-0.25, -0.2) is 0 Å². The van der Waals surface area contributed by atoms with E-state index in [1.165, 1.54) is 0 Å². The van der Waals surface area contributed by atoms with Crippen molar-refractivity contribution in [2.75, 3.05) is 44.0 Å². The van der Waals surface area contributed by atoms with Crippen LogP contribution in [0.25, 0.3) is 0 Å². The summed E-state index contributed by atoms with van der Waals surface area (Å²) < 4.78 is 10.6. The molecule has 0 spiro atoms. The predicted molar refractivity (Wildman–Crippen MR) is 66.4 cm³/mol. The van der Waals surface area contributed by atoms with Gasteiger partial charge in [-0.2, -0.15) is 0 Å². The van der Waals surface area contributed by atoms with E-state index in [1.807, 2.05) is 12.1 Å². The highest BCUT2D eigenvalue weighted by Crippen LogP contribution is 2.26. The van der Waals surface area contributed by atoms with Gasteiger partial charge in [0.25, 0.3) is 0 Å². The van der Waals surface area contributed by atoms with Crippen molar-refractivity contribution in [3.05, 3.63) is 18.2 Å². The summed E-state index contributed by atoms with van der Waals surface area (Å²) in [6.07, 6.45) is -0.129.